The van der Waals surface area contributed by atoms with Crippen LogP contribution in [0.2, 0.25) is 0 Å². The zero-order chi connectivity index (χ0) is 22.2. The SMILES string of the molecule is COc1ccc(-n2cnnc2SCC(=O)Nc2ccccc2C(=O)NCC(C)C)cc1. The predicted octanol–water partition coefficient (Wildman–Crippen LogP) is 3.39. The van der Waals surface area contributed by atoms with Crippen molar-refractivity contribution in [1.82, 2.24) is 20.1 Å². The van der Waals surface area contributed by atoms with Gasteiger partial charge in [-0.2, -0.15) is 0 Å². The van der Waals surface area contributed by atoms with E-state index < -0.39 is 0 Å². The van der Waals surface area contributed by atoms with E-state index in [1.807, 2.05) is 38.1 Å². The van der Waals surface area contributed by atoms with Crippen molar-refractivity contribution in [3.8, 4) is 11.4 Å². The third kappa shape index (κ3) is 6.08. The van der Waals surface area contributed by atoms with Gasteiger partial charge in [0.25, 0.3) is 5.91 Å². The number of hydrogen-bond acceptors (Lipinski definition) is 6. The molecule has 8 nitrogen and oxygen atoms in total. The van der Waals surface area contributed by atoms with Crippen LogP contribution < -0.4 is 15.4 Å². The van der Waals surface area contributed by atoms with Gasteiger partial charge in [0, 0.05) is 12.2 Å². The van der Waals surface area contributed by atoms with Crippen molar-refractivity contribution in [3.05, 3.63) is 60.4 Å². The number of amides is 2. The van der Waals surface area contributed by atoms with E-state index >= 15 is 0 Å². The molecule has 1 heterocycles. The molecule has 0 aliphatic heterocycles. The van der Waals surface area contributed by atoms with Crippen LogP contribution in [0, 0.1) is 5.92 Å². The van der Waals surface area contributed by atoms with Crippen molar-refractivity contribution in [2.45, 2.75) is 19.0 Å². The minimum Gasteiger partial charge on any atom is -0.497 e. The van der Waals surface area contributed by atoms with Crippen molar-refractivity contribution in [3.63, 3.8) is 0 Å². The van der Waals surface area contributed by atoms with E-state index in [1.54, 1.807) is 42.3 Å². The molecule has 0 bridgehead atoms. The fourth-order valence-corrected chi connectivity index (χ4v) is 3.47. The van der Waals surface area contributed by atoms with E-state index in [0.29, 0.717) is 28.9 Å². The number of rotatable bonds is 9. The fourth-order valence-electron chi connectivity index (χ4n) is 2.74. The molecule has 0 unspecified atom stereocenters. The molecule has 0 saturated carbocycles. The first-order valence-corrected chi connectivity index (χ1v) is 10.8. The van der Waals surface area contributed by atoms with Crippen molar-refractivity contribution in [2.75, 3.05) is 24.7 Å². The highest BCUT2D eigenvalue weighted by Crippen LogP contribution is 2.22. The predicted molar refractivity (Wildman–Crippen MR) is 121 cm³/mol. The molecule has 31 heavy (non-hydrogen) atoms. The van der Waals surface area contributed by atoms with Gasteiger partial charge in [-0.15, -0.1) is 10.2 Å². The lowest BCUT2D eigenvalue weighted by Gasteiger charge is -2.12. The lowest BCUT2D eigenvalue weighted by atomic mass is 10.1. The van der Waals surface area contributed by atoms with Crippen LogP contribution in [0.15, 0.2) is 60.0 Å². The molecule has 2 amide bonds. The van der Waals surface area contributed by atoms with Gasteiger partial charge < -0.3 is 15.4 Å². The Balaban J connectivity index is 1.63. The molecule has 0 fully saturated rings. The molecule has 2 aromatic carbocycles. The lowest BCUT2D eigenvalue weighted by molar-refractivity contribution is -0.113. The van der Waals surface area contributed by atoms with Crippen LogP contribution in [0.4, 0.5) is 5.69 Å². The Morgan fingerprint density at radius 2 is 1.87 bits per heavy atom. The molecule has 0 spiro atoms. The number of methoxy groups -OCH3 is 1. The zero-order valence-corrected chi connectivity index (χ0v) is 18.5. The van der Waals surface area contributed by atoms with E-state index in [2.05, 4.69) is 20.8 Å². The highest BCUT2D eigenvalue weighted by molar-refractivity contribution is 7.99. The molecular weight excluding hydrogens is 414 g/mol. The first kappa shape index (κ1) is 22.4. The minimum atomic E-state index is -0.238. The Kier molecular flexibility index (Phi) is 7.66. The highest BCUT2D eigenvalue weighted by atomic mass is 32.2. The molecular formula is C22H25N5O3S. The number of nitrogens with zero attached hydrogens (tertiary/aromatic N) is 3. The van der Waals surface area contributed by atoms with Crippen LogP contribution in [0.3, 0.4) is 0 Å². The molecule has 1 aromatic heterocycles. The Bertz CT molecular complexity index is 1030. The third-order valence-corrected chi connectivity index (χ3v) is 5.26. The molecule has 0 aliphatic carbocycles. The van der Waals surface area contributed by atoms with Crippen LogP contribution in [-0.2, 0) is 4.79 Å². The number of ether oxygens (including phenoxy) is 1. The fraction of sp³-hybridized carbons (Fsp3) is 0.273. The van der Waals surface area contributed by atoms with Crippen LogP contribution in [0.25, 0.3) is 5.69 Å². The third-order valence-electron chi connectivity index (χ3n) is 4.32. The average Bonchev–Trinajstić information content (AvgIpc) is 3.25. The van der Waals surface area contributed by atoms with Gasteiger partial charge >= 0.3 is 0 Å². The highest BCUT2D eigenvalue weighted by Gasteiger charge is 2.15. The standard InChI is InChI=1S/C22H25N5O3S/c1-15(2)12-23-21(29)18-6-4-5-7-19(18)25-20(28)13-31-22-26-24-14-27(22)16-8-10-17(30-3)11-9-16/h4-11,14-15H,12-13H2,1-3H3,(H,23,29)(H,25,28). The van der Waals surface area contributed by atoms with E-state index in [4.69, 9.17) is 4.74 Å². The topological polar surface area (TPSA) is 98.1 Å². The van der Waals surface area contributed by atoms with Gasteiger partial charge in [-0.1, -0.05) is 37.7 Å². The molecule has 3 aromatic rings. The Hall–Kier alpha value is -3.33. The maximum Gasteiger partial charge on any atom is 0.253 e. The van der Waals surface area contributed by atoms with Crippen LogP contribution >= 0.6 is 11.8 Å². The molecule has 3 rings (SSSR count). The largest absolute Gasteiger partial charge is 0.497 e. The molecule has 0 radical (unpaired) electrons. The van der Waals surface area contributed by atoms with Crippen molar-refractivity contribution in [2.24, 2.45) is 5.92 Å². The summed E-state index contributed by atoms with van der Waals surface area (Å²) in [5.41, 5.74) is 1.77. The summed E-state index contributed by atoms with van der Waals surface area (Å²) in [6.07, 6.45) is 1.59. The van der Waals surface area contributed by atoms with Crippen molar-refractivity contribution in [1.29, 1.82) is 0 Å². The van der Waals surface area contributed by atoms with Crippen LogP contribution in [0.5, 0.6) is 5.75 Å². The summed E-state index contributed by atoms with van der Waals surface area (Å²) < 4.78 is 6.97. The number of para-hydroxylation sites is 1. The van der Waals surface area contributed by atoms with Gasteiger partial charge in [0.1, 0.15) is 12.1 Å². The van der Waals surface area contributed by atoms with E-state index in [-0.39, 0.29) is 17.6 Å². The van der Waals surface area contributed by atoms with Gasteiger partial charge in [0.15, 0.2) is 5.16 Å². The van der Waals surface area contributed by atoms with E-state index in [1.165, 1.54) is 11.8 Å². The quantitative estimate of drug-likeness (QED) is 0.496. The summed E-state index contributed by atoms with van der Waals surface area (Å²) in [4.78, 5) is 25.0. The van der Waals surface area contributed by atoms with Crippen LogP contribution in [0.1, 0.15) is 24.2 Å². The Morgan fingerprint density at radius 1 is 1.13 bits per heavy atom. The second-order valence-corrected chi connectivity index (χ2v) is 8.11. The number of benzene rings is 2. The van der Waals surface area contributed by atoms with E-state index in [0.717, 1.165) is 11.4 Å². The van der Waals surface area contributed by atoms with Crippen LogP contribution in [-0.4, -0.2) is 46.0 Å². The zero-order valence-electron chi connectivity index (χ0n) is 17.7. The number of anilines is 1. The Morgan fingerprint density at radius 3 is 2.58 bits per heavy atom. The summed E-state index contributed by atoms with van der Waals surface area (Å²) in [6, 6.07) is 14.4. The van der Waals surface area contributed by atoms with Crippen molar-refractivity contribution >= 4 is 29.3 Å². The molecule has 9 heteroatoms. The first-order valence-electron chi connectivity index (χ1n) is 9.82. The second kappa shape index (κ2) is 10.6. The number of carbonyl (C=O) groups excluding carboxylic acids is 2. The maximum absolute atomic E-state index is 12.5. The molecule has 0 saturated heterocycles. The normalized spacial score (nSPS) is 10.7. The molecule has 2 N–H and O–H groups in total. The average molecular weight is 440 g/mol. The summed E-state index contributed by atoms with van der Waals surface area (Å²) in [5.74, 6) is 0.762. The van der Waals surface area contributed by atoms with Crippen molar-refractivity contribution < 1.29 is 14.3 Å². The number of nitrogens with one attached hydrogen (secondary N) is 2. The smallest absolute Gasteiger partial charge is 0.253 e. The van der Waals surface area contributed by atoms with Gasteiger partial charge in [-0.3, -0.25) is 14.2 Å². The number of aromatic nitrogens is 3. The molecule has 0 atom stereocenters. The lowest BCUT2D eigenvalue weighted by Crippen LogP contribution is -2.28. The summed E-state index contributed by atoms with van der Waals surface area (Å²) in [7, 11) is 1.61. The minimum absolute atomic E-state index is 0.122. The number of thioether (sulfide) groups is 1. The summed E-state index contributed by atoms with van der Waals surface area (Å²) >= 11 is 1.26. The number of hydrogen-bond donors (Lipinski definition) is 2. The second-order valence-electron chi connectivity index (χ2n) is 7.17. The Labute approximate surface area is 185 Å². The maximum atomic E-state index is 12.5. The van der Waals surface area contributed by atoms with Gasteiger partial charge in [0.2, 0.25) is 5.91 Å². The van der Waals surface area contributed by atoms with E-state index in [9.17, 15) is 9.59 Å². The van der Waals surface area contributed by atoms with Gasteiger partial charge in [-0.25, -0.2) is 0 Å². The molecule has 162 valence electrons. The summed E-state index contributed by atoms with van der Waals surface area (Å²) in [6.45, 7) is 4.61. The molecule has 0 aliphatic rings. The van der Waals surface area contributed by atoms with Gasteiger partial charge in [-0.05, 0) is 42.3 Å². The monoisotopic (exact) mass is 439 g/mol. The van der Waals surface area contributed by atoms with Gasteiger partial charge in [0.05, 0.1) is 24.1 Å². The summed E-state index contributed by atoms with van der Waals surface area (Å²) in [5, 5.41) is 14.3. The first-order chi connectivity index (χ1) is 15.0. The number of carbonyl (C=O) groups is 2.